The van der Waals surface area contributed by atoms with Crippen molar-refractivity contribution in [3.8, 4) is 11.5 Å². The summed E-state index contributed by atoms with van der Waals surface area (Å²) in [5.41, 5.74) is 3.30. The number of rotatable bonds is 4. The van der Waals surface area contributed by atoms with Crippen LogP contribution in [-0.4, -0.2) is 13.7 Å². The molecule has 0 aromatic heterocycles. The predicted molar refractivity (Wildman–Crippen MR) is 52.0 cm³/mol. The summed E-state index contributed by atoms with van der Waals surface area (Å²) in [5, 5.41) is 0. The summed E-state index contributed by atoms with van der Waals surface area (Å²) >= 11 is 0. The van der Waals surface area contributed by atoms with E-state index in [-0.39, 0.29) is 0 Å². The van der Waals surface area contributed by atoms with Crippen molar-refractivity contribution in [1.29, 1.82) is 0 Å². The van der Waals surface area contributed by atoms with Crippen LogP contribution in [-0.2, 0) is 0 Å². The highest BCUT2D eigenvalue weighted by molar-refractivity contribution is 5.58. The Labute approximate surface area is 77.6 Å². The summed E-state index contributed by atoms with van der Waals surface area (Å²) in [6, 6.07) is 5.42. The Morgan fingerprint density at radius 3 is 2.77 bits per heavy atom. The Kier molecular flexibility index (Phi) is 3.40. The highest BCUT2D eigenvalue weighted by Gasteiger charge is 2.02. The smallest absolute Gasteiger partial charge is 0.147 e. The van der Waals surface area contributed by atoms with E-state index in [4.69, 9.17) is 15.3 Å². The molecule has 0 fully saturated rings. The van der Waals surface area contributed by atoms with Crippen LogP contribution >= 0.6 is 0 Å². The molecule has 0 amide bonds. The molecule has 1 aromatic carbocycles. The Morgan fingerprint density at radius 2 is 2.23 bits per heavy atom. The van der Waals surface area contributed by atoms with Crippen molar-refractivity contribution in [1.82, 2.24) is 0 Å². The molecule has 0 bridgehead atoms. The molecule has 3 N–H and O–H groups in total. The maximum atomic E-state index is 5.35. The Morgan fingerprint density at radius 1 is 1.46 bits per heavy atom. The summed E-state index contributed by atoms with van der Waals surface area (Å²) in [6.45, 7) is 2.52. The van der Waals surface area contributed by atoms with E-state index in [1.807, 2.05) is 19.1 Å². The van der Waals surface area contributed by atoms with Gasteiger partial charge in [-0.25, -0.2) is 0 Å². The van der Waals surface area contributed by atoms with Gasteiger partial charge in [-0.05, 0) is 19.1 Å². The van der Waals surface area contributed by atoms with Crippen molar-refractivity contribution in [2.24, 2.45) is 5.84 Å². The normalized spacial score (nSPS) is 9.46. The third-order valence-electron chi connectivity index (χ3n) is 1.64. The van der Waals surface area contributed by atoms with Gasteiger partial charge in [-0.2, -0.15) is 0 Å². The topological polar surface area (TPSA) is 56.5 Å². The minimum absolute atomic E-state index is 0.599. The lowest BCUT2D eigenvalue weighted by Crippen LogP contribution is -2.08. The number of nitrogens with one attached hydrogen (secondary N) is 1. The van der Waals surface area contributed by atoms with Crippen LogP contribution in [0.2, 0.25) is 0 Å². The molecule has 0 saturated carbocycles. The van der Waals surface area contributed by atoms with Crippen molar-refractivity contribution < 1.29 is 9.47 Å². The van der Waals surface area contributed by atoms with Crippen LogP contribution < -0.4 is 20.7 Å². The lowest BCUT2D eigenvalue weighted by Gasteiger charge is -2.10. The zero-order chi connectivity index (χ0) is 9.68. The quantitative estimate of drug-likeness (QED) is 0.545. The van der Waals surface area contributed by atoms with E-state index >= 15 is 0 Å². The van der Waals surface area contributed by atoms with Gasteiger partial charge in [0, 0.05) is 6.07 Å². The van der Waals surface area contributed by atoms with Gasteiger partial charge in [-0.3, -0.25) is 5.84 Å². The number of nitrogens with two attached hydrogens (primary N) is 1. The molecular weight excluding hydrogens is 168 g/mol. The number of hydrogen-bond donors (Lipinski definition) is 2. The fourth-order valence-corrected chi connectivity index (χ4v) is 1.02. The molecule has 0 aliphatic rings. The minimum Gasteiger partial charge on any atom is -0.497 e. The highest BCUT2D eigenvalue weighted by Crippen LogP contribution is 2.28. The van der Waals surface area contributed by atoms with Crippen molar-refractivity contribution in [2.45, 2.75) is 6.92 Å². The first-order chi connectivity index (χ1) is 6.31. The summed E-state index contributed by atoms with van der Waals surface area (Å²) in [5.74, 6) is 6.75. The lowest BCUT2D eigenvalue weighted by atomic mass is 10.3. The maximum Gasteiger partial charge on any atom is 0.147 e. The first-order valence-corrected chi connectivity index (χ1v) is 4.09. The molecule has 0 aliphatic heterocycles. The van der Waals surface area contributed by atoms with E-state index in [1.54, 1.807) is 13.2 Å². The first kappa shape index (κ1) is 9.67. The van der Waals surface area contributed by atoms with E-state index in [1.165, 1.54) is 0 Å². The van der Waals surface area contributed by atoms with Crippen molar-refractivity contribution in [3.05, 3.63) is 18.2 Å². The van der Waals surface area contributed by atoms with Crippen molar-refractivity contribution in [3.63, 3.8) is 0 Å². The Hall–Kier alpha value is -1.42. The molecule has 1 rings (SSSR count). The van der Waals surface area contributed by atoms with E-state index in [0.29, 0.717) is 12.4 Å². The SMILES string of the molecule is CCOc1cc(OC)ccc1NN. The van der Waals surface area contributed by atoms with Crippen LogP contribution in [0.5, 0.6) is 11.5 Å². The fraction of sp³-hybridized carbons (Fsp3) is 0.333. The largest absolute Gasteiger partial charge is 0.497 e. The van der Waals surface area contributed by atoms with Crippen LogP contribution in [0.4, 0.5) is 5.69 Å². The van der Waals surface area contributed by atoms with Gasteiger partial charge in [0.05, 0.1) is 19.4 Å². The Bertz CT molecular complexity index is 276. The summed E-state index contributed by atoms with van der Waals surface area (Å²) in [4.78, 5) is 0. The lowest BCUT2D eigenvalue weighted by molar-refractivity contribution is 0.337. The molecule has 1 aromatic rings. The molecular formula is C9H14N2O2. The third kappa shape index (κ3) is 2.26. The molecule has 0 saturated heterocycles. The number of hydrogen-bond acceptors (Lipinski definition) is 4. The van der Waals surface area contributed by atoms with Crippen molar-refractivity contribution >= 4 is 5.69 Å². The van der Waals surface area contributed by atoms with Crippen LogP contribution in [0, 0.1) is 0 Å². The fourth-order valence-electron chi connectivity index (χ4n) is 1.02. The monoisotopic (exact) mass is 182 g/mol. The molecule has 13 heavy (non-hydrogen) atoms. The van der Waals surface area contributed by atoms with Crippen LogP contribution in [0.3, 0.4) is 0 Å². The third-order valence-corrected chi connectivity index (χ3v) is 1.64. The standard InChI is InChI=1S/C9H14N2O2/c1-3-13-9-6-7(12-2)4-5-8(9)11-10/h4-6,11H,3,10H2,1-2H3. The molecule has 0 unspecified atom stereocenters. The average molecular weight is 182 g/mol. The van der Waals surface area contributed by atoms with E-state index < -0.39 is 0 Å². The van der Waals surface area contributed by atoms with Gasteiger partial charge < -0.3 is 14.9 Å². The summed E-state index contributed by atoms with van der Waals surface area (Å²) in [6.07, 6.45) is 0. The Balaban J connectivity index is 2.95. The van der Waals surface area contributed by atoms with Gasteiger partial charge in [-0.15, -0.1) is 0 Å². The highest BCUT2D eigenvalue weighted by atomic mass is 16.5. The molecule has 72 valence electrons. The average Bonchev–Trinajstić information content (AvgIpc) is 2.18. The second-order valence-corrected chi connectivity index (χ2v) is 2.44. The van der Waals surface area contributed by atoms with Gasteiger partial charge in [-0.1, -0.05) is 0 Å². The molecule has 0 radical (unpaired) electrons. The van der Waals surface area contributed by atoms with Gasteiger partial charge in [0.2, 0.25) is 0 Å². The molecule has 4 nitrogen and oxygen atoms in total. The number of hydrazine groups is 1. The van der Waals surface area contributed by atoms with Gasteiger partial charge >= 0.3 is 0 Å². The first-order valence-electron chi connectivity index (χ1n) is 4.09. The zero-order valence-corrected chi connectivity index (χ0v) is 7.83. The van der Waals surface area contributed by atoms with Gasteiger partial charge in [0.15, 0.2) is 0 Å². The van der Waals surface area contributed by atoms with Crippen molar-refractivity contribution in [2.75, 3.05) is 19.1 Å². The molecule has 0 heterocycles. The van der Waals surface area contributed by atoms with E-state index in [2.05, 4.69) is 5.43 Å². The number of benzene rings is 1. The number of anilines is 1. The maximum absolute atomic E-state index is 5.35. The van der Waals surface area contributed by atoms with E-state index in [0.717, 1.165) is 11.4 Å². The predicted octanol–water partition coefficient (Wildman–Crippen LogP) is 1.38. The second-order valence-electron chi connectivity index (χ2n) is 2.44. The molecule has 0 atom stereocenters. The van der Waals surface area contributed by atoms with Gasteiger partial charge in [0.25, 0.3) is 0 Å². The summed E-state index contributed by atoms with van der Waals surface area (Å²) in [7, 11) is 1.61. The molecule has 0 aliphatic carbocycles. The van der Waals surface area contributed by atoms with Crippen LogP contribution in [0.25, 0.3) is 0 Å². The van der Waals surface area contributed by atoms with E-state index in [9.17, 15) is 0 Å². The molecule has 0 spiro atoms. The number of methoxy groups -OCH3 is 1. The van der Waals surface area contributed by atoms with Crippen LogP contribution in [0.1, 0.15) is 6.92 Å². The number of nitrogen functional groups attached to an aromatic ring is 1. The van der Waals surface area contributed by atoms with Crippen LogP contribution in [0.15, 0.2) is 18.2 Å². The minimum atomic E-state index is 0.599. The zero-order valence-electron chi connectivity index (χ0n) is 7.83. The summed E-state index contributed by atoms with van der Waals surface area (Å²) < 4.78 is 10.4. The molecule has 4 heteroatoms. The second kappa shape index (κ2) is 4.57. The number of ether oxygens (including phenoxy) is 2. The van der Waals surface area contributed by atoms with Gasteiger partial charge in [0.1, 0.15) is 11.5 Å².